The molecule has 0 bridgehead atoms. The molecular weight excluding hydrogens is 2240 g/mol. The Kier molecular flexibility index (Phi) is 31.9. The molecule has 39 nitrogen and oxygen atoms in total. The van der Waals surface area contributed by atoms with Crippen LogP contribution < -0.4 is 48.7 Å². The van der Waals surface area contributed by atoms with Gasteiger partial charge in [-0.3, -0.25) is 71.9 Å². The fourth-order valence-corrected chi connectivity index (χ4v) is 19.1. The summed E-state index contributed by atoms with van der Waals surface area (Å²) in [5.41, 5.74) is 3.31. The second-order valence-corrected chi connectivity index (χ2v) is 39.3. The smallest absolute Gasteiger partial charge is 0.255 e. The molecular formula is C97H66Br3Cl6F2N19O20. The van der Waals surface area contributed by atoms with Crippen molar-refractivity contribution >= 4 is 291 Å². The number of aliphatic imine (C=N–C) groups is 5. The van der Waals surface area contributed by atoms with Crippen molar-refractivity contribution in [1.29, 1.82) is 21.0 Å². The topological polar surface area (TPSA) is 537 Å². The van der Waals surface area contributed by atoms with E-state index in [9.17, 15) is 80.7 Å². The number of Topliss-reactive ketones (excluding diaryl/α,β-unsaturated/α-hetero) is 10. The lowest BCUT2D eigenvalue weighted by molar-refractivity contribution is -0.126. The van der Waals surface area contributed by atoms with Crippen molar-refractivity contribution in [3.05, 3.63) is 169 Å². The number of carbonyl (C=O) groups is 15. The first-order valence-electron chi connectivity index (χ1n) is 44.4. The Morgan fingerprint density at radius 2 is 0.578 bits per heavy atom. The molecule has 0 aromatic heterocycles. The van der Waals surface area contributed by atoms with E-state index in [0.29, 0.717) is 65.6 Å². The van der Waals surface area contributed by atoms with Crippen molar-refractivity contribution < 1.29 is 104 Å². The van der Waals surface area contributed by atoms with Gasteiger partial charge in [-0.2, -0.15) is 71.6 Å². The number of ether oxygens (including phenoxy) is 5. The van der Waals surface area contributed by atoms with E-state index in [-0.39, 0.29) is 191 Å². The zero-order valence-electron chi connectivity index (χ0n) is 75.8. The van der Waals surface area contributed by atoms with E-state index in [1.165, 1.54) is 67.6 Å². The summed E-state index contributed by atoms with van der Waals surface area (Å²) in [4.78, 5) is 199. The maximum atomic E-state index is 13.2. The van der Waals surface area contributed by atoms with E-state index in [1.54, 1.807) is 60.7 Å². The highest BCUT2D eigenvalue weighted by atomic mass is 79.9. The van der Waals surface area contributed by atoms with Crippen molar-refractivity contribution in [3.8, 4) is 53.0 Å². The highest BCUT2D eigenvalue weighted by Crippen LogP contribution is 2.50. The first-order chi connectivity index (χ1) is 70.1. The number of ketones is 10. The highest BCUT2D eigenvalue weighted by molar-refractivity contribution is 9.11. The molecule has 0 unspecified atom stereocenters. The molecule has 5 saturated carbocycles. The average Bonchev–Trinajstić information content (AvgIpc) is 1.77. The molecule has 5 aromatic carbocycles. The third-order valence-electron chi connectivity index (χ3n) is 23.8. The number of nitrogens with zero attached hydrogens (tertiary/aromatic N) is 19. The molecule has 10 aliphatic heterocycles. The van der Waals surface area contributed by atoms with E-state index in [0.717, 1.165) is 105 Å². The minimum Gasteiger partial charge on any atom is -0.438 e. The molecule has 147 heavy (non-hydrogen) atoms. The summed E-state index contributed by atoms with van der Waals surface area (Å²) in [7, 11) is 0. The first-order valence-corrected chi connectivity index (χ1v) is 49.1. The van der Waals surface area contributed by atoms with Crippen LogP contribution in [0.2, 0.25) is 30.1 Å². The SMILES string of the molecule is CC1=NN(c2cc(Cl)c(OC3=NCC(=O)C(C4CCC4)=C3)c(Cl)c2)C(=O)CC1=O.N#CC1=NN(c2cc(Br)c(OC3=NCC(=O)C(C4CC4)=C3)c(Br)c2)C(=O)CC1=O.N#CC1=NN(c2cc(Cl)c(OC3=NCC(=O)C(C4CC(F)(F)C4)=C3)c(Cl)c2)C(=O)CC1=O.N#CC1=NN(c2cc(Cl)c(OC3=NCC(=O)C(C4CC4)=C3)c(Br)c2)C(=O)CC1=O.N#CC1=NN(c2ccc(OC3=NCC(=O)C(C4CC4)=C3)c(Cl)c2)C(=O)CC1=O. The molecule has 746 valence electrons. The zero-order valence-corrected chi connectivity index (χ0v) is 85.1. The van der Waals surface area contributed by atoms with Crippen molar-refractivity contribution in [1.82, 2.24) is 0 Å². The highest BCUT2D eigenvalue weighted by Gasteiger charge is 2.49. The van der Waals surface area contributed by atoms with Crippen LogP contribution in [0, 0.1) is 74.9 Å². The molecule has 0 radical (unpaired) electrons. The van der Waals surface area contributed by atoms with Gasteiger partial charge in [0, 0.05) is 71.1 Å². The minimum absolute atomic E-state index is 0.00433. The molecule has 0 saturated heterocycles. The van der Waals surface area contributed by atoms with Gasteiger partial charge in [0.1, 0.15) is 68.5 Å². The molecule has 5 amide bonds. The quantitative estimate of drug-likeness (QED) is 0.0878. The van der Waals surface area contributed by atoms with Crippen LogP contribution >= 0.6 is 117 Å². The standard InChI is InChI=1S/C20H12Cl2F2N4O4.C20H17Cl2N3O4.C19H12Br2N4O4.C19H12BrClN4O4.C19H13ClN4O4/c21-12-1-10(28-18(31)4-15(29)14(7-25)27-28)2-13(22)19(12)32-17-3-11(16(30)8-26-17)9-5-20(23,24)6-9;1-10-16(26)8-19(28)25(24-10)12-5-14(21)20(15(22)6-12)29-18-7-13(11-3-2-4-11)17(27)9-23-18;2*20-12-3-10(25-18(28)6-15(26)14(7-22)24-25)4-13(21)19(12)29-17-5-11(9-1-2-9)16(27)8-23-17;20-13-5-11(24-19(27)7-15(25)14(8-21)23-24)3-4-17(13)28-18-6-12(10-1-2-10)16(26)9-22-18/h1-3,9H,4-6,8H2;5-7,11H,2-4,8-9H2,1H3;2*3-5,9H,1-2,6,8H2;3-6,10H,1-2,7,9H2. The molecule has 15 aliphatic rings. The average molecular weight is 2310 g/mol. The lowest BCUT2D eigenvalue weighted by Crippen LogP contribution is -2.39. The number of anilines is 5. The molecule has 0 N–H and O–H groups in total. The molecule has 0 spiro atoms. The van der Waals surface area contributed by atoms with Crippen LogP contribution in [-0.4, -0.2) is 184 Å². The Labute approximate surface area is 885 Å². The number of rotatable bonds is 15. The van der Waals surface area contributed by atoms with Crippen LogP contribution in [0.15, 0.2) is 189 Å². The maximum Gasteiger partial charge on any atom is 0.255 e. The summed E-state index contributed by atoms with van der Waals surface area (Å²) in [6, 6.07) is 22.9. The molecule has 10 heterocycles. The van der Waals surface area contributed by atoms with Gasteiger partial charge in [0.25, 0.3) is 29.5 Å². The lowest BCUT2D eigenvalue weighted by atomic mass is 9.74. The van der Waals surface area contributed by atoms with Gasteiger partial charge in [-0.1, -0.05) is 76.0 Å². The van der Waals surface area contributed by atoms with Gasteiger partial charge in [0.05, 0.1) is 104 Å². The van der Waals surface area contributed by atoms with Gasteiger partial charge >= 0.3 is 0 Å². The number of halogens is 11. The molecule has 5 aromatic rings. The van der Waals surface area contributed by atoms with E-state index in [1.807, 2.05) is 0 Å². The summed E-state index contributed by atoms with van der Waals surface area (Å²) in [5.74, 6) is -5.86. The largest absolute Gasteiger partial charge is 0.438 e. The molecule has 50 heteroatoms. The normalized spacial score (nSPS) is 19.9. The lowest BCUT2D eigenvalue weighted by Gasteiger charge is -2.36. The molecule has 0 atom stereocenters. The molecule has 20 rings (SSSR count). The number of benzene rings is 5. The van der Waals surface area contributed by atoms with Crippen molar-refractivity contribution in [2.75, 3.05) is 57.8 Å². The maximum absolute atomic E-state index is 13.2. The number of dihydropyridines is 5. The van der Waals surface area contributed by atoms with Crippen molar-refractivity contribution in [2.24, 2.45) is 80.1 Å². The third-order valence-corrected chi connectivity index (χ3v) is 27.3. The van der Waals surface area contributed by atoms with Crippen LogP contribution in [0.25, 0.3) is 0 Å². The second kappa shape index (κ2) is 44.5. The van der Waals surface area contributed by atoms with E-state index in [4.69, 9.17) is 114 Å². The van der Waals surface area contributed by atoms with Crippen LogP contribution in [0.5, 0.6) is 28.7 Å². The van der Waals surface area contributed by atoms with Crippen LogP contribution in [0.3, 0.4) is 0 Å². The van der Waals surface area contributed by atoms with Gasteiger partial charge in [-0.05, 0) is 202 Å². The van der Waals surface area contributed by atoms with Crippen LogP contribution in [0.4, 0.5) is 37.2 Å². The Morgan fingerprint density at radius 1 is 0.320 bits per heavy atom. The molecule has 5 fully saturated rings. The van der Waals surface area contributed by atoms with Crippen molar-refractivity contribution in [2.45, 2.75) is 116 Å². The summed E-state index contributed by atoms with van der Waals surface area (Å²) in [6.07, 6.45) is 14.1. The van der Waals surface area contributed by atoms with E-state index >= 15 is 0 Å². The Morgan fingerprint density at radius 3 is 0.878 bits per heavy atom. The predicted octanol–water partition coefficient (Wildman–Crippen LogP) is 15.6. The monoisotopic (exact) mass is 2300 g/mol. The van der Waals surface area contributed by atoms with Crippen molar-refractivity contribution in [3.63, 3.8) is 0 Å². The Balaban J connectivity index is 0.000000131. The van der Waals surface area contributed by atoms with Gasteiger partial charge < -0.3 is 23.7 Å². The third kappa shape index (κ3) is 24.4. The van der Waals surface area contributed by atoms with Gasteiger partial charge in [0.2, 0.25) is 81.4 Å². The number of hydrazone groups is 5. The second-order valence-electron chi connectivity index (χ2n) is 34.3. The fourth-order valence-electron chi connectivity index (χ4n) is 15.6. The van der Waals surface area contributed by atoms with E-state index in [2.05, 4.69) is 98.3 Å². The van der Waals surface area contributed by atoms with E-state index < -0.39 is 109 Å². The summed E-state index contributed by atoms with van der Waals surface area (Å²) < 4.78 is 56.6. The number of amides is 5. The minimum atomic E-state index is -2.78. The predicted molar refractivity (Wildman–Crippen MR) is 540 cm³/mol. The number of carbonyl (C=O) groups excluding carboxylic acids is 15. The first kappa shape index (κ1) is 105. The zero-order chi connectivity index (χ0) is 105. The number of hydrogen-bond donors (Lipinski definition) is 0. The summed E-state index contributed by atoms with van der Waals surface area (Å²) in [6.45, 7) is 1.47. The Bertz CT molecular complexity index is 7210. The summed E-state index contributed by atoms with van der Waals surface area (Å²) in [5, 5.41) is 60.6. The summed E-state index contributed by atoms with van der Waals surface area (Å²) >= 11 is 48.0. The van der Waals surface area contributed by atoms with Gasteiger partial charge in [0.15, 0.2) is 57.7 Å². The molecule has 5 aliphatic carbocycles. The number of nitriles is 4. The van der Waals surface area contributed by atoms with Crippen LogP contribution in [0.1, 0.15) is 110 Å². The number of alkyl halides is 2. The van der Waals surface area contributed by atoms with Gasteiger partial charge in [-0.15, -0.1) is 0 Å². The Hall–Kier alpha value is -14.5. The van der Waals surface area contributed by atoms with Gasteiger partial charge in [-0.25, -0.2) is 33.7 Å². The fraction of sp³-hybridized carbons (Fsp3) is 0.289. The number of hydrogen-bond acceptors (Lipinski definition) is 34. The van der Waals surface area contributed by atoms with Crippen LogP contribution in [-0.2, 0) is 71.9 Å².